The van der Waals surface area contributed by atoms with Crippen LogP contribution in [0.5, 0.6) is 0 Å². The van der Waals surface area contributed by atoms with Gasteiger partial charge in [-0.05, 0) is 49.1 Å². The van der Waals surface area contributed by atoms with Gasteiger partial charge < -0.3 is 19.8 Å². The average molecular weight is 481 g/mol. The predicted molar refractivity (Wildman–Crippen MR) is 135 cm³/mol. The molecule has 0 saturated heterocycles. The lowest BCUT2D eigenvalue weighted by atomic mass is 9.77. The van der Waals surface area contributed by atoms with Crippen molar-refractivity contribution in [3.8, 4) is 11.1 Å². The number of nitrogens with one attached hydrogen (secondary N) is 2. The Balaban J connectivity index is 1.24. The molecule has 3 aromatic heterocycles. The zero-order valence-corrected chi connectivity index (χ0v) is 20.3. The minimum Gasteiger partial charge on any atom is -0.346 e. The van der Waals surface area contributed by atoms with Crippen LogP contribution in [0.15, 0.2) is 42.9 Å². The minimum atomic E-state index is -0.246. The van der Waals surface area contributed by atoms with Crippen molar-refractivity contribution in [2.45, 2.75) is 57.7 Å². The van der Waals surface area contributed by atoms with Gasteiger partial charge in [-0.2, -0.15) is 0 Å². The Morgan fingerprint density at radius 3 is 2.81 bits per heavy atom. The van der Waals surface area contributed by atoms with Gasteiger partial charge in [0.1, 0.15) is 11.5 Å². The van der Waals surface area contributed by atoms with Crippen LogP contribution in [0.25, 0.3) is 22.2 Å². The number of hydrogen-bond acceptors (Lipinski definition) is 4. The highest BCUT2D eigenvalue weighted by Crippen LogP contribution is 2.44. The molecule has 1 aliphatic carbocycles. The van der Waals surface area contributed by atoms with Crippen molar-refractivity contribution in [2.24, 2.45) is 0 Å². The van der Waals surface area contributed by atoms with Crippen LogP contribution in [0.4, 0.5) is 0 Å². The lowest BCUT2D eigenvalue weighted by Crippen LogP contribution is -2.40. The molecule has 7 rings (SSSR count). The summed E-state index contributed by atoms with van der Waals surface area (Å²) < 4.78 is 2.12. The zero-order chi connectivity index (χ0) is 24.4. The van der Waals surface area contributed by atoms with Gasteiger partial charge in [-0.3, -0.25) is 9.59 Å². The van der Waals surface area contributed by atoms with Crippen molar-refractivity contribution < 1.29 is 9.59 Å². The molecule has 182 valence electrons. The molecule has 1 saturated carbocycles. The van der Waals surface area contributed by atoms with Gasteiger partial charge in [-0.1, -0.05) is 25.3 Å². The van der Waals surface area contributed by atoms with E-state index in [1.165, 1.54) is 6.42 Å². The van der Waals surface area contributed by atoms with Crippen molar-refractivity contribution in [3.05, 3.63) is 71.1 Å². The van der Waals surface area contributed by atoms with Gasteiger partial charge in [0, 0.05) is 48.2 Å². The van der Waals surface area contributed by atoms with Crippen molar-refractivity contribution in [1.29, 1.82) is 0 Å². The number of aromatic nitrogens is 4. The monoisotopic (exact) mass is 480 g/mol. The average Bonchev–Trinajstić information content (AvgIpc) is 3.56. The Morgan fingerprint density at radius 2 is 1.94 bits per heavy atom. The zero-order valence-electron chi connectivity index (χ0n) is 20.3. The summed E-state index contributed by atoms with van der Waals surface area (Å²) in [6, 6.07) is 8.06. The Kier molecular flexibility index (Phi) is 4.61. The van der Waals surface area contributed by atoms with Gasteiger partial charge in [-0.25, -0.2) is 9.97 Å². The molecule has 2 amide bonds. The quantitative estimate of drug-likeness (QED) is 0.447. The summed E-state index contributed by atoms with van der Waals surface area (Å²) in [5.41, 5.74) is 5.96. The fourth-order valence-corrected chi connectivity index (χ4v) is 6.32. The third-order valence-corrected chi connectivity index (χ3v) is 8.14. The summed E-state index contributed by atoms with van der Waals surface area (Å²) in [7, 11) is 0. The fraction of sp³-hybridized carbons (Fsp3) is 0.357. The number of amides is 2. The van der Waals surface area contributed by atoms with Crippen LogP contribution in [-0.2, 0) is 18.6 Å². The van der Waals surface area contributed by atoms with Crippen LogP contribution in [-0.4, -0.2) is 42.8 Å². The van der Waals surface area contributed by atoms with E-state index in [2.05, 4.69) is 30.9 Å². The molecule has 0 bridgehead atoms. The van der Waals surface area contributed by atoms with Crippen molar-refractivity contribution >= 4 is 22.8 Å². The number of pyridine rings is 1. The molecular weight excluding hydrogens is 452 g/mol. The summed E-state index contributed by atoms with van der Waals surface area (Å²) in [6.45, 7) is 3.87. The third kappa shape index (κ3) is 3.20. The molecule has 0 unspecified atom stereocenters. The SMILES string of the molecule is Cc1cn2c(n1)CN(C(=O)c1cnc3[nH]cc(-c4ccc5c(c4)C4(CCCCC4)NC5=O)c3c1)CC2. The minimum absolute atomic E-state index is 0.0317. The molecule has 2 N–H and O–H groups in total. The van der Waals surface area contributed by atoms with E-state index >= 15 is 0 Å². The third-order valence-electron chi connectivity index (χ3n) is 8.14. The molecule has 36 heavy (non-hydrogen) atoms. The van der Waals surface area contributed by atoms with Gasteiger partial charge in [0.15, 0.2) is 0 Å². The summed E-state index contributed by atoms with van der Waals surface area (Å²) in [4.78, 5) is 40.4. The number of carbonyl (C=O) groups is 2. The number of carbonyl (C=O) groups excluding carboxylic acids is 2. The Hall–Kier alpha value is -3.94. The molecule has 3 aliphatic rings. The summed E-state index contributed by atoms with van der Waals surface area (Å²) >= 11 is 0. The van der Waals surface area contributed by atoms with E-state index in [4.69, 9.17) is 0 Å². The first kappa shape index (κ1) is 21.4. The molecule has 4 aromatic rings. The number of benzene rings is 1. The summed E-state index contributed by atoms with van der Waals surface area (Å²) in [5, 5.41) is 4.20. The highest BCUT2D eigenvalue weighted by molar-refractivity contribution is 6.03. The number of H-pyrrole nitrogens is 1. The van der Waals surface area contributed by atoms with E-state index in [9.17, 15) is 9.59 Å². The first-order valence-corrected chi connectivity index (χ1v) is 12.8. The van der Waals surface area contributed by atoms with Crippen LogP contribution in [0, 0.1) is 6.92 Å². The van der Waals surface area contributed by atoms with Crippen LogP contribution in [0.3, 0.4) is 0 Å². The van der Waals surface area contributed by atoms with Crippen molar-refractivity contribution in [2.75, 3.05) is 6.54 Å². The number of hydrogen-bond donors (Lipinski definition) is 2. The maximum Gasteiger partial charge on any atom is 0.255 e. The highest BCUT2D eigenvalue weighted by Gasteiger charge is 2.43. The van der Waals surface area contributed by atoms with Crippen molar-refractivity contribution in [1.82, 2.24) is 29.7 Å². The van der Waals surface area contributed by atoms with Crippen LogP contribution in [0.1, 0.15) is 69.9 Å². The smallest absolute Gasteiger partial charge is 0.255 e. The second-order valence-corrected chi connectivity index (χ2v) is 10.4. The summed E-state index contributed by atoms with van der Waals surface area (Å²) in [6.07, 6.45) is 11.1. The molecule has 1 spiro atoms. The molecule has 5 heterocycles. The number of imidazole rings is 1. The van der Waals surface area contributed by atoms with E-state index in [-0.39, 0.29) is 17.4 Å². The van der Waals surface area contributed by atoms with Crippen LogP contribution in [0.2, 0.25) is 0 Å². The maximum absolute atomic E-state index is 13.4. The van der Waals surface area contributed by atoms with E-state index in [1.54, 1.807) is 6.20 Å². The topological polar surface area (TPSA) is 95.9 Å². The first-order chi connectivity index (χ1) is 17.5. The predicted octanol–water partition coefficient (Wildman–Crippen LogP) is 4.29. The fourth-order valence-electron chi connectivity index (χ4n) is 6.32. The van der Waals surface area contributed by atoms with E-state index < -0.39 is 0 Å². The highest BCUT2D eigenvalue weighted by atomic mass is 16.2. The Morgan fingerprint density at radius 1 is 1.08 bits per heavy atom. The van der Waals surface area contributed by atoms with Gasteiger partial charge in [0.25, 0.3) is 11.8 Å². The summed E-state index contributed by atoms with van der Waals surface area (Å²) in [5.74, 6) is 0.916. The lowest BCUT2D eigenvalue weighted by molar-refractivity contribution is 0.0707. The second-order valence-electron chi connectivity index (χ2n) is 10.4. The van der Waals surface area contributed by atoms with Crippen LogP contribution < -0.4 is 5.32 Å². The first-order valence-electron chi connectivity index (χ1n) is 12.8. The molecule has 1 fully saturated rings. The lowest BCUT2D eigenvalue weighted by Gasteiger charge is -2.34. The molecule has 8 nitrogen and oxygen atoms in total. The molecular formula is C28H28N6O2. The molecule has 0 radical (unpaired) electrons. The van der Waals surface area contributed by atoms with E-state index in [1.807, 2.05) is 42.4 Å². The number of aryl methyl sites for hydroxylation is 1. The number of nitrogens with zero attached hydrogens (tertiary/aromatic N) is 4. The van der Waals surface area contributed by atoms with Gasteiger partial charge in [-0.15, -0.1) is 0 Å². The molecule has 1 aromatic carbocycles. The number of aromatic amines is 1. The Bertz CT molecular complexity index is 1540. The number of rotatable bonds is 2. The molecule has 0 atom stereocenters. The molecule has 8 heteroatoms. The van der Waals surface area contributed by atoms with Gasteiger partial charge in [0.2, 0.25) is 0 Å². The maximum atomic E-state index is 13.4. The van der Waals surface area contributed by atoms with E-state index in [0.717, 1.165) is 77.0 Å². The number of fused-ring (bicyclic) bond motifs is 4. The standard InChI is InChI=1S/C28H28N6O2/c1-17-15-33-9-10-34(16-24(33)31-17)27(36)19-11-21-22(14-30-25(21)29-13-19)18-5-6-20-23(12-18)28(32-26(20)35)7-3-2-4-8-28/h5-6,11-15H,2-4,7-10,16H2,1H3,(H,29,30)(H,32,35). The largest absolute Gasteiger partial charge is 0.346 e. The normalized spacial score (nSPS) is 18.4. The van der Waals surface area contributed by atoms with Gasteiger partial charge >= 0.3 is 0 Å². The second kappa shape index (κ2) is 7.78. The van der Waals surface area contributed by atoms with E-state index in [0.29, 0.717) is 18.7 Å². The van der Waals surface area contributed by atoms with Gasteiger partial charge in [0.05, 0.1) is 23.3 Å². The van der Waals surface area contributed by atoms with Crippen LogP contribution >= 0.6 is 0 Å². The Labute approximate surface area is 208 Å². The molecule has 2 aliphatic heterocycles. The van der Waals surface area contributed by atoms with Crippen molar-refractivity contribution in [3.63, 3.8) is 0 Å².